The summed E-state index contributed by atoms with van der Waals surface area (Å²) in [6, 6.07) is 6.00. The van der Waals surface area contributed by atoms with Crippen LogP contribution in [0.25, 0.3) is 0 Å². The van der Waals surface area contributed by atoms with E-state index in [1.165, 1.54) is 0 Å². The molecule has 120 valence electrons. The second kappa shape index (κ2) is 9.26. The summed E-state index contributed by atoms with van der Waals surface area (Å²) in [6.07, 6.45) is 0. The van der Waals surface area contributed by atoms with E-state index in [2.05, 4.69) is 18.7 Å². The van der Waals surface area contributed by atoms with E-state index < -0.39 is 0 Å². The zero-order chi connectivity index (χ0) is 15.8. The summed E-state index contributed by atoms with van der Waals surface area (Å²) in [4.78, 5) is 2.35. The number of nitrogens with zero attached hydrogens (tertiary/aromatic N) is 1. The Morgan fingerprint density at radius 1 is 1.29 bits per heavy atom. The number of halogens is 1. The topological polar surface area (TPSA) is 47.7 Å². The molecule has 0 aliphatic rings. The van der Waals surface area contributed by atoms with Crippen molar-refractivity contribution < 1.29 is 9.47 Å². The number of hydrogen-bond acceptors (Lipinski definition) is 4. The van der Waals surface area contributed by atoms with Gasteiger partial charge in [-0.2, -0.15) is 0 Å². The van der Waals surface area contributed by atoms with Crippen LogP contribution in [0.3, 0.4) is 0 Å². The van der Waals surface area contributed by atoms with Gasteiger partial charge in [0, 0.05) is 32.8 Å². The highest BCUT2D eigenvalue weighted by atomic mass is 35.5. The Morgan fingerprint density at radius 3 is 2.48 bits per heavy atom. The van der Waals surface area contributed by atoms with E-state index >= 15 is 0 Å². The molecule has 4 nitrogen and oxygen atoms in total. The first-order valence-electron chi connectivity index (χ1n) is 7.30. The summed E-state index contributed by atoms with van der Waals surface area (Å²) in [6.45, 7) is 7.45. The smallest absolute Gasteiger partial charge is 0.137 e. The lowest BCUT2D eigenvalue weighted by Gasteiger charge is -2.32. The standard InChI is InChI=1S/C16H27ClN2O2/c1-12(2)11-19(7-8-20-3)15(10-18)13-5-6-16(21-4)14(17)9-13/h5-6,9,12,15H,7-8,10-11,18H2,1-4H3. The van der Waals surface area contributed by atoms with Crippen molar-refractivity contribution in [3.8, 4) is 5.75 Å². The molecule has 1 atom stereocenters. The van der Waals surface area contributed by atoms with E-state index in [9.17, 15) is 0 Å². The van der Waals surface area contributed by atoms with Crippen LogP contribution in [-0.2, 0) is 4.74 Å². The highest BCUT2D eigenvalue weighted by molar-refractivity contribution is 6.32. The summed E-state index contributed by atoms with van der Waals surface area (Å²) in [5, 5.41) is 0.615. The van der Waals surface area contributed by atoms with Crippen LogP contribution >= 0.6 is 11.6 Å². The van der Waals surface area contributed by atoms with Crippen LogP contribution in [0.2, 0.25) is 5.02 Å². The Kier molecular flexibility index (Phi) is 8.04. The van der Waals surface area contributed by atoms with Crippen molar-refractivity contribution in [3.05, 3.63) is 28.8 Å². The lowest BCUT2D eigenvalue weighted by Crippen LogP contribution is -2.38. The molecule has 2 N–H and O–H groups in total. The molecule has 1 unspecified atom stereocenters. The number of nitrogens with two attached hydrogens (primary N) is 1. The molecule has 0 aromatic heterocycles. The van der Waals surface area contributed by atoms with Crippen molar-refractivity contribution >= 4 is 11.6 Å². The summed E-state index contributed by atoms with van der Waals surface area (Å²) in [5.41, 5.74) is 7.13. The monoisotopic (exact) mass is 314 g/mol. The van der Waals surface area contributed by atoms with Gasteiger partial charge in [-0.25, -0.2) is 0 Å². The lowest BCUT2D eigenvalue weighted by atomic mass is 10.0. The first-order chi connectivity index (χ1) is 10.0. The Labute approximate surface area is 133 Å². The minimum Gasteiger partial charge on any atom is -0.495 e. The molecule has 0 radical (unpaired) electrons. The normalized spacial score (nSPS) is 13.0. The molecule has 5 heteroatoms. The van der Waals surface area contributed by atoms with Crippen LogP contribution in [0.4, 0.5) is 0 Å². The molecule has 0 saturated heterocycles. The summed E-state index contributed by atoms with van der Waals surface area (Å²) in [5.74, 6) is 1.24. The van der Waals surface area contributed by atoms with Crippen LogP contribution in [0.5, 0.6) is 5.75 Å². The summed E-state index contributed by atoms with van der Waals surface area (Å²) in [7, 11) is 3.33. The fourth-order valence-electron chi connectivity index (χ4n) is 2.44. The molecule has 0 saturated carbocycles. The van der Waals surface area contributed by atoms with Crippen molar-refractivity contribution in [2.45, 2.75) is 19.9 Å². The molecular weight excluding hydrogens is 288 g/mol. The van der Waals surface area contributed by atoms with Gasteiger partial charge >= 0.3 is 0 Å². The average molecular weight is 315 g/mol. The van der Waals surface area contributed by atoms with Crippen LogP contribution < -0.4 is 10.5 Å². The van der Waals surface area contributed by atoms with Gasteiger partial charge in [-0.15, -0.1) is 0 Å². The van der Waals surface area contributed by atoms with Gasteiger partial charge in [-0.05, 0) is 23.6 Å². The zero-order valence-electron chi connectivity index (χ0n) is 13.4. The Morgan fingerprint density at radius 2 is 2.00 bits per heavy atom. The van der Waals surface area contributed by atoms with E-state index in [-0.39, 0.29) is 6.04 Å². The van der Waals surface area contributed by atoms with Crippen molar-refractivity contribution in [3.63, 3.8) is 0 Å². The molecule has 0 heterocycles. The number of benzene rings is 1. The molecule has 0 spiro atoms. The van der Waals surface area contributed by atoms with Crippen molar-refractivity contribution in [2.75, 3.05) is 40.5 Å². The van der Waals surface area contributed by atoms with Crippen molar-refractivity contribution in [2.24, 2.45) is 11.7 Å². The van der Waals surface area contributed by atoms with Gasteiger partial charge in [-0.1, -0.05) is 31.5 Å². The molecule has 0 fully saturated rings. The van der Waals surface area contributed by atoms with Crippen LogP contribution in [-0.4, -0.2) is 45.4 Å². The van der Waals surface area contributed by atoms with Gasteiger partial charge in [0.2, 0.25) is 0 Å². The first-order valence-corrected chi connectivity index (χ1v) is 7.67. The van der Waals surface area contributed by atoms with Crippen LogP contribution in [0.1, 0.15) is 25.5 Å². The van der Waals surface area contributed by atoms with E-state index in [1.54, 1.807) is 14.2 Å². The van der Waals surface area contributed by atoms with E-state index in [1.807, 2.05) is 18.2 Å². The zero-order valence-corrected chi connectivity index (χ0v) is 14.2. The Balaban J connectivity index is 2.97. The minimum absolute atomic E-state index is 0.131. The fourth-order valence-corrected chi connectivity index (χ4v) is 2.70. The number of hydrogen-bond donors (Lipinski definition) is 1. The lowest BCUT2D eigenvalue weighted by molar-refractivity contribution is 0.112. The summed E-state index contributed by atoms with van der Waals surface area (Å²) < 4.78 is 10.4. The van der Waals surface area contributed by atoms with Gasteiger partial charge in [0.15, 0.2) is 0 Å². The second-order valence-electron chi connectivity index (χ2n) is 5.53. The van der Waals surface area contributed by atoms with Gasteiger partial charge in [-0.3, -0.25) is 4.90 Å². The molecule has 1 rings (SSSR count). The molecule has 21 heavy (non-hydrogen) atoms. The fraction of sp³-hybridized carbons (Fsp3) is 0.625. The second-order valence-corrected chi connectivity index (χ2v) is 5.93. The quantitative estimate of drug-likeness (QED) is 0.761. The van der Waals surface area contributed by atoms with Gasteiger partial charge in [0.25, 0.3) is 0 Å². The van der Waals surface area contributed by atoms with E-state index in [0.717, 1.165) is 18.7 Å². The van der Waals surface area contributed by atoms with Crippen molar-refractivity contribution in [1.82, 2.24) is 4.90 Å². The number of ether oxygens (including phenoxy) is 2. The first kappa shape index (κ1) is 18.2. The SMILES string of the molecule is COCCN(CC(C)C)C(CN)c1ccc(OC)c(Cl)c1. The third kappa shape index (κ3) is 5.47. The highest BCUT2D eigenvalue weighted by Gasteiger charge is 2.20. The Hall–Kier alpha value is -0.810. The number of rotatable bonds is 9. The molecular formula is C16H27ClN2O2. The highest BCUT2D eigenvalue weighted by Crippen LogP contribution is 2.29. The molecule has 1 aromatic rings. The van der Waals surface area contributed by atoms with Crippen molar-refractivity contribution in [1.29, 1.82) is 0 Å². The molecule has 0 aliphatic heterocycles. The van der Waals surface area contributed by atoms with Gasteiger partial charge < -0.3 is 15.2 Å². The van der Waals surface area contributed by atoms with E-state index in [0.29, 0.717) is 29.8 Å². The predicted octanol–water partition coefficient (Wildman–Crippen LogP) is 2.95. The van der Waals surface area contributed by atoms with Gasteiger partial charge in [0.1, 0.15) is 5.75 Å². The minimum atomic E-state index is 0.131. The maximum Gasteiger partial charge on any atom is 0.137 e. The third-order valence-corrected chi connectivity index (χ3v) is 3.70. The molecule has 0 aliphatic carbocycles. The third-order valence-electron chi connectivity index (χ3n) is 3.41. The largest absolute Gasteiger partial charge is 0.495 e. The summed E-state index contributed by atoms with van der Waals surface area (Å²) >= 11 is 6.24. The Bertz CT molecular complexity index is 427. The van der Waals surface area contributed by atoms with E-state index in [4.69, 9.17) is 26.8 Å². The molecule has 1 aromatic carbocycles. The maximum absolute atomic E-state index is 6.24. The van der Waals surface area contributed by atoms with Gasteiger partial charge in [0.05, 0.1) is 18.7 Å². The molecule has 0 amide bonds. The molecule has 0 bridgehead atoms. The number of methoxy groups -OCH3 is 2. The average Bonchev–Trinajstić information content (AvgIpc) is 2.45. The van der Waals surface area contributed by atoms with Crippen LogP contribution in [0.15, 0.2) is 18.2 Å². The maximum atomic E-state index is 6.24. The van der Waals surface area contributed by atoms with Crippen LogP contribution in [0, 0.1) is 5.92 Å². The predicted molar refractivity (Wildman–Crippen MR) is 88.1 cm³/mol.